The summed E-state index contributed by atoms with van der Waals surface area (Å²) in [7, 11) is 0. The first-order valence-corrected chi connectivity index (χ1v) is 11.8. The van der Waals surface area contributed by atoms with Crippen LogP contribution in [-0.2, 0) is 23.7 Å². The van der Waals surface area contributed by atoms with Crippen LogP contribution in [0.15, 0.2) is 0 Å². The number of rotatable bonds is 25. The molecule has 174 valence electrons. The fourth-order valence-corrected chi connectivity index (χ4v) is 3.04. The van der Waals surface area contributed by atoms with E-state index >= 15 is 0 Å². The van der Waals surface area contributed by atoms with Crippen molar-refractivity contribution in [3.8, 4) is 0 Å². The number of ether oxygens (including phenoxy) is 4. The van der Waals surface area contributed by atoms with Gasteiger partial charge >= 0.3 is 5.97 Å². The Hall–Kier alpha value is -0.690. The third-order valence-electron chi connectivity index (χ3n) is 4.73. The molecule has 6 heteroatoms. The molecule has 0 radical (unpaired) electrons. The predicted molar refractivity (Wildman–Crippen MR) is 117 cm³/mol. The first-order chi connectivity index (χ1) is 14.3. The Morgan fingerprint density at radius 3 is 1.28 bits per heavy atom. The number of carboxylic acids is 1. The standard InChI is InChI=1S/C23H46O6/c1-2-3-4-5-6-7-8-9-10-11-12-13-14-15-26-16-17-27-18-19-28-20-21-29-22-23(24)25/h2-22H2,1H3,(H,24,25). The summed E-state index contributed by atoms with van der Waals surface area (Å²) in [6.07, 6.45) is 17.7. The van der Waals surface area contributed by atoms with Gasteiger partial charge in [-0.2, -0.15) is 0 Å². The second-order valence-electron chi connectivity index (χ2n) is 7.53. The van der Waals surface area contributed by atoms with Gasteiger partial charge in [0.05, 0.1) is 39.6 Å². The Morgan fingerprint density at radius 2 is 0.862 bits per heavy atom. The largest absolute Gasteiger partial charge is 0.480 e. The molecule has 0 saturated heterocycles. The molecule has 1 N–H and O–H groups in total. The number of aliphatic carboxylic acids is 1. The zero-order chi connectivity index (χ0) is 21.3. The molecule has 0 fully saturated rings. The van der Waals surface area contributed by atoms with Crippen molar-refractivity contribution >= 4 is 5.97 Å². The van der Waals surface area contributed by atoms with E-state index in [1.54, 1.807) is 0 Å². The van der Waals surface area contributed by atoms with Gasteiger partial charge in [-0.15, -0.1) is 0 Å². The summed E-state index contributed by atoms with van der Waals surface area (Å²) in [6.45, 7) is 5.68. The number of hydrogen-bond acceptors (Lipinski definition) is 5. The van der Waals surface area contributed by atoms with Crippen LogP contribution in [0.3, 0.4) is 0 Å². The summed E-state index contributed by atoms with van der Waals surface area (Å²) < 4.78 is 21.1. The van der Waals surface area contributed by atoms with E-state index in [4.69, 9.17) is 24.1 Å². The van der Waals surface area contributed by atoms with E-state index in [-0.39, 0.29) is 13.2 Å². The molecule has 0 unspecified atom stereocenters. The zero-order valence-electron chi connectivity index (χ0n) is 18.8. The zero-order valence-corrected chi connectivity index (χ0v) is 18.8. The second-order valence-corrected chi connectivity index (χ2v) is 7.53. The summed E-state index contributed by atoms with van der Waals surface area (Å²) in [6, 6.07) is 0. The van der Waals surface area contributed by atoms with Crippen molar-refractivity contribution < 1.29 is 28.8 Å². The Bertz CT molecular complexity index is 324. The maximum atomic E-state index is 10.2. The third kappa shape index (κ3) is 27.3. The summed E-state index contributed by atoms with van der Waals surface area (Å²) >= 11 is 0. The predicted octanol–water partition coefficient (Wildman–Crippen LogP) is 5.23. The summed E-state index contributed by atoms with van der Waals surface area (Å²) in [5.74, 6) is -0.966. The minimum Gasteiger partial charge on any atom is -0.480 e. The highest BCUT2D eigenvalue weighted by molar-refractivity contribution is 5.67. The first kappa shape index (κ1) is 28.3. The molecule has 0 saturated carbocycles. The second kappa shape index (κ2) is 25.3. The van der Waals surface area contributed by atoms with Crippen molar-refractivity contribution in [2.45, 2.75) is 90.4 Å². The van der Waals surface area contributed by atoms with Crippen LogP contribution in [-0.4, -0.2) is 63.9 Å². The molecule has 0 aliphatic carbocycles. The molecular weight excluding hydrogens is 372 g/mol. The van der Waals surface area contributed by atoms with Crippen LogP contribution in [0.1, 0.15) is 90.4 Å². The highest BCUT2D eigenvalue weighted by Gasteiger charge is 1.97. The first-order valence-electron chi connectivity index (χ1n) is 11.8. The van der Waals surface area contributed by atoms with Crippen LogP contribution in [0.4, 0.5) is 0 Å². The molecule has 0 heterocycles. The lowest BCUT2D eigenvalue weighted by Gasteiger charge is -2.07. The fraction of sp³-hybridized carbons (Fsp3) is 0.957. The van der Waals surface area contributed by atoms with Crippen molar-refractivity contribution in [1.82, 2.24) is 0 Å². The summed E-state index contributed by atoms with van der Waals surface area (Å²) in [5.41, 5.74) is 0. The maximum absolute atomic E-state index is 10.2. The van der Waals surface area contributed by atoms with E-state index in [1.165, 1.54) is 77.0 Å². The lowest BCUT2D eigenvalue weighted by atomic mass is 10.0. The molecule has 0 aliphatic heterocycles. The number of carbonyl (C=O) groups is 1. The van der Waals surface area contributed by atoms with E-state index in [1.807, 2.05) is 0 Å². The van der Waals surface area contributed by atoms with Gasteiger partial charge in [0.25, 0.3) is 0 Å². The van der Waals surface area contributed by atoms with E-state index in [0.717, 1.165) is 13.0 Å². The SMILES string of the molecule is CCCCCCCCCCCCCCCOCCOCCOCCOCC(=O)O. The maximum Gasteiger partial charge on any atom is 0.329 e. The van der Waals surface area contributed by atoms with Gasteiger partial charge in [-0.1, -0.05) is 84.0 Å². The quantitative estimate of drug-likeness (QED) is 0.205. The van der Waals surface area contributed by atoms with Gasteiger partial charge in [0.2, 0.25) is 0 Å². The Balaban J connectivity index is 2.99. The smallest absolute Gasteiger partial charge is 0.329 e. The molecule has 0 aromatic rings. The van der Waals surface area contributed by atoms with Crippen LogP contribution >= 0.6 is 0 Å². The number of hydrogen-bond donors (Lipinski definition) is 1. The molecule has 29 heavy (non-hydrogen) atoms. The lowest BCUT2D eigenvalue weighted by Crippen LogP contribution is -2.14. The summed E-state index contributed by atoms with van der Waals surface area (Å²) in [4.78, 5) is 10.2. The van der Waals surface area contributed by atoms with Crippen molar-refractivity contribution in [3.63, 3.8) is 0 Å². The minimum atomic E-state index is -0.966. The molecule has 0 aromatic heterocycles. The lowest BCUT2D eigenvalue weighted by molar-refractivity contribution is -0.142. The van der Waals surface area contributed by atoms with Crippen molar-refractivity contribution in [3.05, 3.63) is 0 Å². The Labute approximate surface area is 178 Å². The molecule has 0 rings (SSSR count). The Morgan fingerprint density at radius 1 is 0.517 bits per heavy atom. The minimum absolute atomic E-state index is 0.281. The van der Waals surface area contributed by atoms with E-state index < -0.39 is 5.97 Å². The van der Waals surface area contributed by atoms with Gasteiger partial charge in [0, 0.05) is 6.61 Å². The molecule has 0 bridgehead atoms. The molecule has 0 atom stereocenters. The van der Waals surface area contributed by atoms with Crippen molar-refractivity contribution in [2.24, 2.45) is 0 Å². The Kier molecular flexibility index (Phi) is 24.7. The summed E-state index contributed by atoms with van der Waals surface area (Å²) in [5, 5.41) is 8.39. The fourth-order valence-electron chi connectivity index (χ4n) is 3.04. The molecule has 0 spiro atoms. The third-order valence-corrected chi connectivity index (χ3v) is 4.73. The van der Waals surface area contributed by atoms with E-state index in [2.05, 4.69) is 6.92 Å². The van der Waals surface area contributed by atoms with Crippen LogP contribution in [0.2, 0.25) is 0 Å². The van der Waals surface area contributed by atoms with E-state index in [0.29, 0.717) is 33.0 Å². The van der Waals surface area contributed by atoms with Crippen molar-refractivity contribution in [2.75, 3.05) is 52.9 Å². The van der Waals surface area contributed by atoms with E-state index in [9.17, 15) is 4.79 Å². The highest BCUT2D eigenvalue weighted by Crippen LogP contribution is 2.12. The monoisotopic (exact) mass is 418 g/mol. The highest BCUT2D eigenvalue weighted by atomic mass is 16.6. The van der Waals surface area contributed by atoms with Crippen LogP contribution < -0.4 is 0 Å². The average molecular weight is 419 g/mol. The van der Waals surface area contributed by atoms with Gasteiger partial charge in [-0.25, -0.2) is 4.79 Å². The van der Waals surface area contributed by atoms with Gasteiger partial charge in [0.1, 0.15) is 6.61 Å². The average Bonchev–Trinajstić information content (AvgIpc) is 2.71. The van der Waals surface area contributed by atoms with Crippen LogP contribution in [0.5, 0.6) is 0 Å². The van der Waals surface area contributed by atoms with Crippen LogP contribution in [0.25, 0.3) is 0 Å². The normalized spacial score (nSPS) is 11.2. The van der Waals surface area contributed by atoms with Gasteiger partial charge in [-0.3, -0.25) is 0 Å². The number of carboxylic acid groups (broad SMARTS) is 1. The molecule has 0 amide bonds. The van der Waals surface area contributed by atoms with Crippen LogP contribution in [0, 0.1) is 0 Å². The van der Waals surface area contributed by atoms with Gasteiger partial charge < -0.3 is 24.1 Å². The molecule has 0 aromatic carbocycles. The van der Waals surface area contributed by atoms with Gasteiger partial charge in [0.15, 0.2) is 0 Å². The number of unbranched alkanes of at least 4 members (excludes halogenated alkanes) is 12. The molecule has 6 nitrogen and oxygen atoms in total. The molecule has 0 aliphatic rings. The van der Waals surface area contributed by atoms with Gasteiger partial charge in [-0.05, 0) is 6.42 Å². The molecular formula is C23H46O6. The van der Waals surface area contributed by atoms with Crippen molar-refractivity contribution in [1.29, 1.82) is 0 Å². The topological polar surface area (TPSA) is 74.2 Å².